The van der Waals surface area contributed by atoms with Gasteiger partial charge in [0.15, 0.2) is 4.90 Å². The maximum absolute atomic E-state index is 12.3. The predicted molar refractivity (Wildman–Crippen MR) is 99.7 cm³/mol. The average molecular weight is 359 g/mol. The fourth-order valence-corrected chi connectivity index (χ4v) is 3.94. The summed E-state index contributed by atoms with van der Waals surface area (Å²) in [6, 6.07) is 12.2. The molecule has 2 atom stereocenters. The zero-order valence-electron chi connectivity index (χ0n) is 14.7. The molecule has 1 saturated heterocycles. The third-order valence-electron chi connectivity index (χ3n) is 4.10. The predicted octanol–water partition coefficient (Wildman–Crippen LogP) is 2.76. The number of nitrogens with one attached hydrogen (secondary N) is 1. The van der Waals surface area contributed by atoms with Crippen molar-refractivity contribution >= 4 is 11.4 Å². The lowest BCUT2D eigenvalue weighted by Crippen LogP contribution is -2.37. The fraction of sp³-hybridized carbons (Fsp3) is 0.421. The van der Waals surface area contributed by atoms with Crippen LogP contribution in [-0.2, 0) is 17.9 Å². The van der Waals surface area contributed by atoms with Crippen molar-refractivity contribution in [3.05, 3.63) is 54.4 Å². The van der Waals surface area contributed by atoms with Gasteiger partial charge in [-0.25, -0.2) is 0 Å². The Bertz CT molecular complexity index is 651. The standard InChI is InChI=1S/C19H25N3O2S/c1-15(2)24-18-7-5-16(6-8-18)13-22-11-9-17(14-22)21-25(23)19-4-3-10-20-12-19/h3-8,10,12,15,17,21H,9,11,13-14H2,1-2H3/t17-,25?/m1/s1. The van der Waals surface area contributed by atoms with E-state index < -0.39 is 11.4 Å². The van der Waals surface area contributed by atoms with Crippen LogP contribution >= 0.6 is 0 Å². The average Bonchev–Trinajstić information content (AvgIpc) is 3.04. The van der Waals surface area contributed by atoms with Crippen molar-refractivity contribution in [2.75, 3.05) is 13.1 Å². The molecule has 6 heteroatoms. The zero-order valence-corrected chi connectivity index (χ0v) is 15.5. The van der Waals surface area contributed by atoms with Crippen LogP contribution < -0.4 is 9.46 Å². The number of aromatic nitrogens is 1. The first-order valence-corrected chi connectivity index (χ1v) is 9.81. The summed E-state index contributed by atoms with van der Waals surface area (Å²) in [5.41, 5.74) is 1.27. The summed E-state index contributed by atoms with van der Waals surface area (Å²) < 4.78 is 21.2. The summed E-state index contributed by atoms with van der Waals surface area (Å²) in [6.07, 6.45) is 4.53. The minimum atomic E-state index is -1.20. The van der Waals surface area contributed by atoms with Crippen molar-refractivity contribution in [3.63, 3.8) is 0 Å². The van der Waals surface area contributed by atoms with E-state index in [-0.39, 0.29) is 12.1 Å². The van der Waals surface area contributed by atoms with Gasteiger partial charge in [-0.15, -0.1) is 4.72 Å². The SMILES string of the molecule is CC(C)Oc1ccc(CN2CC[C@@H](N[S+]([O-])c3cccnc3)C2)cc1. The highest BCUT2D eigenvalue weighted by Crippen LogP contribution is 2.19. The van der Waals surface area contributed by atoms with Gasteiger partial charge in [-0.2, -0.15) is 0 Å². The summed E-state index contributed by atoms with van der Waals surface area (Å²) in [5, 5.41) is 0. The number of hydrogen-bond acceptors (Lipinski definition) is 5. The first-order valence-electron chi connectivity index (χ1n) is 8.66. The number of benzene rings is 1. The first-order chi connectivity index (χ1) is 12.1. The molecule has 25 heavy (non-hydrogen) atoms. The van der Waals surface area contributed by atoms with E-state index in [1.165, 1.54) is 5.56 Å². The molecular weight excluding hydrogens is 334 g/mol. The van der Waals surface area contributed by atoms with Crippen molar-refractivity contribution < 1.29 is 9.29 Å². The first kappa shape index (κ1) is 18.2. The quantitative estimate of drug-likeness (QED) is 0.770. The van der Waals surface area contributed by atoms with Crippen LogP contribution in [0.3, 0.4) is 0 Å². The Balaban J connectivity index is 1.48. The van der Waals surface area contributed by atoms with Gasteiger partial charge in [0.2, 0.25) is 0 Å². The molecule has 0 radical (unpaired) electrons. The van der Waals surface area contributed by atoms with E-state index in [0.717, 1.165) is 36.7 Å². The van der Waals surface area contributed by atoms with Crippen LogP contribution in [0, 0.1) is 0 Å². The molecule has 0 spiro atoms. The highest BCUT2D eigenvalue weighted by molar-refractivity contribution is 7.89. The Morgan fingerprint density at radius 1 is 1.32 bits per heavy atom. The van der Waals surface area contributed by atoms with Crippen LogP contribution in [0.4, 0.5) is 0 Å². The molecule has 1 aliphatic rings. The maximum atomic E-state index is 12.3. The Hall–Kier alpha value is -1.60. The van der Waals surface area contributed by atoms with Gasteiger partial charge in [-0.3, -0.25) is 9.88 Å². The number of pyridine rings is 1. The minimum absolute atomic E-state index is 0.192. The number of likely N-dealkylation sites (tertiary alicyclic amines) is 1. The second-order valence-electron chi connectivity index (χ2n) is 6.61. The van der Waals surface area contributed by atoms with E-state index in [0.29, 0.717) is 0 Å². The number of hydrogen-bond donors (Lipinski definition) is 1. The van der Waals surface area contributed by atoms with Crippen LogP contribution in [0.1, 0.15) is 25.8 Å². The molecule has 1 N–H and O–H groups in total. The Morgan fingerprint density at radius 3 is 2.80 bits per heavy atom. The molecule has 1 fully saturated rings. The molecule has 2 heterocycles. The highest BCUT2D eigenvalue weighted by Gasteiger charge is 2.27. The second-order valence-corrected chi connectivity index (χ2v) is 7.85. The van der Waals surface area contributed by atoms with E-state index in [9.17, 15) is 4.55 Å². The van der Waals surface area contributed by atoms with Crippen molar-refractivity contribution in [1.29, 1.82) is 0 Å². The largest absolute Gasteiger partial charge is 0.593 e. The van der Waals surface area contributed by atoms with Gasteiger partial charge in [-0.05, 0) is 50.1 Å². The summed E-state index contributed by atoms with van der Waals surface area (Å²) in [6.45, 7) is 6.86. The monoisotopic (exact) mass is 359 g/mol. The second kappa shape index (κ2) is 8.67. The van der Waals surface area contributed by atoms with Gasteiger partial charge in [0, 0.05) is 25.8 Å². The molecule has 0 amide bonds. The highest BCUT2D eigenvalue weighted by atomic mass is 32.2. The summed E-state index contributed by atoms with van der Waals surface area (Å²) >= 11 is -1.20. The molecule has 1 unspecified atom stereocenters. The van der Waals surface area contributed by atoms with E-state index in [4.69, 9.17) is 4.74 Å². The molecule has 5 nitrogen and oxygen atoms in total. The van der Waals surface area contributed by atoms with E-state index >= 15 is 0 Å². The molecular formula is C19H25N3O2S. The number of ether oxygens (including phenoxy) is 1. The molecule has 2 aromatic rings. The van der Waals surface area contributed by atoms with Crippen LogP contribution in [0.5, 0.6) is 5.75 Å². The molecule has 1 aromatic heterocycles. The zero-order chi connectivity index (χ0) is 17.6. The molecule has 134 valence electrons. The summed E-state index contributed by atoms with van der Waals surface area (Å²) in [5.74, 6) is 0.909. The molecule has 0 bridgehead atoms. The molecule has 0 saturated carbocycles. The van der Waals surface area contributed by atoms with Gasteiger partial charge >= 0.3 is 0 Å². The lowest BCUT2D eigenvalue weighted by Gasteiger charge is -2.18. The van der Waals surface area contributed by atoms with Crippen molar-refractivity contribution in [3.8, 4) is 5.75 Å². The smallest absolute Gasteiger partial charge is 0.192 e. The summed E-state index contributed by atoms with van der Waals surface area (Å²) in [7, 11) is 0. The van der Waals surface area contributed by atoms with Gasteiger partial charge in [0.1, 0.15) is 5.75 Å². The van der Waals surface area contributed by atoms with Crippen molar-refractivity contribution in [1.82, 2.24) is 14.6 Å². The minimum Gasteiger partial charge on any atom is -0.593 e. The van der Waals surface area contributed by atoms with Crippen LogP contribution in [-0.4, -0.2) is 39.7 Å². The molecule has 1 aliphatic heterocycles. The Labute approximate surface area is 152 Å². The van der Waals surface area contributed by atoms with Gasteiger partial charge in [-0.1, -0.05) is 12.1 Å². The van der Waals surface area contributed by atoms with E-state index in [1.54, 1.807) is 12.4 Å². The third kappa shape index (κ3) is 5.44. The van der Waals surface area contributed by atoms with Crippen molar-refractivity contribution in [2.24, 2.45) is 0 Å². The van der Waals surface area contributed by atoms with Gasteiger partial charge in [0.25, 0.3) is 0 Å². The fourth-order valence-electron chi connectivity index (χ4n) is 2.95. The lowest BCUT2D eigenvalue weighted by molar-refractivity contribution is 0.242. The lowest BCUT2D eigenvalue weighted by atomic mass is 10.2. The topological polar surface area (TPSA) is 60.5 Å². The van der Waals surface area contributed by atoms with Crippen LogP contribution in [0.25, 0.3) is 0 Å². The van der Waals surface area contributed by atoms with Gasteiger partial charge < -0.3 is 9.29 Å². The molecule has 3 rings (SSSR count). The van der Waals surface area contributed by atoms with Crippen LogP contribution in [0.2, 0.25) is 0 Å². The summed E-state index contributed by atoms with van der Waals surface area (Å²) in [4.78, 5) is 7.13. The normalized spacial score (nSPS) is 19.3. The third-order valence-corrected chi connectivity index (χ3v) is 5.31. The van der Waals surface area contributed by atoms with Gasteiger partial charge in [0.05, 0.1) is 29.7 Å². The number of rotatable bonds is 7. The molecule has 1 aromatic carbocycles. The number of nitrogens with zero attached hydrogens (tertiary/aromatic N) is 2. The van der Waals surface area contributed by atoms with Crippen LogP contribution in [0.15, 0.2) is 53.7 Å². The Kier molecular flexibility index (Phi) is 6.31. The van der Waals surface area contributed by atoms with Crippen molar-refractivity contribution in [2.45, 2.75) is 43.9 Å². The van der Waals surface area contributed by atoms with E-state index in [1.807, 2.05) is 38.1 Å². The Morgan fingerprint density at radius 2 is 2.12 bits per heavy atom. The van der Waals surface area contributed by atoms with E-state index in [2.05, 4.69) is 26.7 Å². The maximum Gasteiger partial charge on any atom is 0.192 e. The molecule has 0 aliphatic carbocycles.